The number of carbonyl (C=O) groups excluding carboxylic acids is 1. The van der Waals surface area contributed by atoms with Gasteiger partial charge in [-0.3, -0.25) is 4.79 Å². The van der Waals surface area contributed by atoms with Crippen molar-refractivity contribution in [3.63, 3.8) is 0 Å². The Labute approximate surface area is 122 Å². The second-order valence-corrected chi connectivity index (χ2v) is 5.94. The summed E-state index contributed by atoms with van der Waals surface area (Å²) >= 11 is 0. The van der Waals surface area contributed by atoms with E-state index in [1.165, 1.54) is 0 Å². The van der Waals surface area contributed by atoms with Gasteiger partial charge in [0, 0.05) is 19.7 Å². The molecule has 0 aromatic rings. The van der Waals surface area contributed by atoms with Crippen molar-refractivity contribution in [1.82, 2.24) is 10.2 Å². The molecule has 5 heteroatoms. The summed E-state index contributed by atoms with van der Waals surface area (Å²) in [6.07, 6.45) is 4.17. The minimum atomic E-state index is -0.347. The number of nitrogens with one attached hydrogen (secondary N) is 1. The van der Waals surface area contributed by atoms with Gasteiger partial charge in [0.2, 0.25) is 0 Å². The van der Waals surface area contributed by atoms with E-state index < -0.39 is 0 Å². The Hall–Kier alpha value is -0.650. The molecule has 2 rings (SSSR count). The van der Waals surface area contributed by atoms with Crippen LogP contribution in [0.4, 0.5) is 0 Å². The number of nitrogens with zero attached hydrogens (tertiary/aromatic N) is 1. The van der Waals surface area contributed by atoms with Gasteiger partial charge in [0.25, 0.3) is 5.91 Å². The molecular weight excluding hydrogens is 256 g/mol. The molecule has 2 aliphatic heterocycles. The van der Waals surface area contributed by atoms with Crippen LogP contribution in [0.2, 0.25) is 0 Å². The zero-order chi connectivity index (χ0) is 14.4. The summed E-state index contributed by atoms with van der Waals surface area (Å²) in [5.74, 6) is 0.832. The molecule has 5 nitrogen and oxygen atoms in total. The van der Waals surface area contributed by atoms with E-state index in [1.807, 2.05) is 18.9 Å². The highest BCUT2D eigenvalue weighted by Crippen LogP contribution is 2.18. The van der Waals surface area contributed by atoms with Gasteiger partial charge in [0.05, 0.1) is 12.7 Å². The van der Waals surface area contributed by atoms with E-state index in [4.69, 9.17) is 9.47 Å². The molecule has 2 fully saturated rings. The highest BCUT2D eigenvalue weighted by Gasteiger charge is 2.27. The molecular formula is C15H28N2O3. The molecule has 0 aromatic heterocycles. The Morgan fingerprint density at radius 1 is 1.40 bits per heavy atom. The standard InChI is InChI=1S/C15H28N2O3/c1-12(20-11-14-4-3-9-19-14)15(18)17-7-5-13(6-8-17)10-16-2/h12-14,16H,3-11H2,1-2H3. The number of rotatable bonds is 6. The molecule has 2 unspecified atom stereocenters. The van der Waals surface area contributed by atoms with Crippen molar-refractivity contribution in [3.8, 4) is 0 Å². The summed E-state index contributed by atoms with van der Waals surface area (Å²) in [5.41, 5.74) is 0. The first-order chi connectivity index (χ1) is 9.70. The molecule has 0 radical (unpaired) electrons. The van der Waals surface area contributed by atoms with E-state index in [0.29, 0.717) is 12.5 Å². The van der Waals surface area contributed by atoms with Crippen molar-refractivity contribution in [2.24, 2.45) is 5.92 Å². The Balaban J connectivity index is 1.68. The Morgan fingerprint density at radius 3 is 2.75 bits per heavy atom. The van der Waals surface area contributed by atoms with Crippen molar-refractivity contribution in [2.75, 3.05) is 39.9 Å². The number of hydrogen-bond acceptors (Lipinski definition) is 4. The fourth-order valence-electron chi connectivity index (χ4n) is 3.00. The van der Waals surface area contributed by atoms with Crippen LogP contribution in [0.3, 0.4) is 0 Å². The van der Waals surface area contributed by atoms with Gasteiger partial charge in [0.1, 0.15) is 6.10 Å². The van der Waals surface area contributed by atoms with E-state index in [9.17, 15) is 4.79 Å². The molecule has 1 amide bonds. The van der Waals surface area contributed by atoms with Gasteiger partial charge in [0.15, 0.2) is 0 Å². The van der Waals surface area contributed by atoms with Gasteiger partial charge in [-0.2, -0.15) is 0 Å². The molecule has 0 spiro atoms. The number of hydrogen-bond donors (Lipinski definition) is 1. The molecule has 0 aliphatic carbocycles. The first-order valence-corrected chi connectivity index (χ1v) is 7.87. The quantitative estimate of drug-likeness (QED) is 0.791. The van der Waals surface area contributed by atoms with Gasteiger partial charge in [-0.05, 0) is 52.1 Å². The predicted molar refractivity (Wildman–Crippen MR) is 77.6 cm³/mol. The van der Waals surface area contributed by atoms with Gasteiger partial charge >= 0.3 is 0 Å². The van der Waals surface area contributed by atoms with Crippen LogP contribution in [0.25, 0.3) is 0 Å². The lowest BCUT2D eigenvalue weighted by molar-refractivity contribution is -0.146. The number of ether oxygens (including phenoxy) is 2. The normalized spacial score (nSPS) is 25.9. The average Bonchev–Trinajstić information content (AvgIpc) is 2.98. The zero-order valence-electron chi connectivity index (χ0n) is 12.8. The number of carbonyl (C=O) groups is 1. The third-order valence-corrected chi connectivity index (χ3v) is 4.32. The molecule has 0 aromatic carbocycles. The average molecular weight is 284 g/mol. The van der Waals surface area contributed by atoms with Crippen LogP contribution in [0.1, 0.15) is 32.6 Å². The van der Waals surface area contributed by atoms with Crippen molar-refractivity contribution < 1.29 is 14.3 Å². The Kier molecular flexibility index (Phi) is 6.26. The molecule has 0 saturated carbocycles. The van der Waals surface area contributed by atoms with Crippen LogP contribution in [0.5, 0.6) is 0 Å². The van der Waals surface area contributed by atoms with Crippen molar-refractivity contribution in [1.29, 1.82) is 0 Å². The second-order valence-electron chi connectivity index (χ2n) is 5.94. The zero-order valence-corrected chi connectivity index (χ0v) is 12.8. The SMILES string of the molecule is CNCC1CCN(C(=O)C(C)OCC2CCCO2)CC1. The fraction of sp³-hybridized carbons (Fsp3) is 0.933. The van der Waals surface area contributed by atoms with E-state index in [-0.39, 0.29) is 18.1 Å². The van der Waals surface area contributed by atoms with Crippen LogP contribution in [-0.2, 0) is 14.3 Å². The first kappa shape index (κ1) is 15.7. The lowest BCUT2D eigenvalue weighted by atomic mass is 9.96. The maximum absolute atomic E-state index is 12.3. The third kappa shape index (κ3) is 4.43. The molecule has 20 heavy (non-hydrogen) atoms. The monoisotopic (exact) mass is 284 g/mol. The van der Waals surface area contributed by atoms with E-state index in [0.717, 1.165) is 51.9 Å². The van der Waals surface area contributed by atoms with Crippen LogP contribution >= 0.6 is 0 Å². The fourth-order valence-corrected chi connectivity index (χ4v) is 3.00. The Morgan fingerprint density at radius 2 is 2.15 bits per heavy atom. The molecule has 2 atom stereocenters. The minimum Gasteiger partial charge on any atom is -0.376 e. The molecule has 2 aliphatic rings. The number of piperidine rings is 1. The highest BCUT2D eigenvalue weighted by molar-refractivity contribution is 5.80. The molecule has 1 N–H and O–H groups in total. The predicted octanol–water partition coefficient (Wildman–Crippen LogP) is 1.03. The van der Waals surface area contributed by atoms with Crippen molar-refractivity contribution >= 4 is 5.91 Å². The largest absolute Gasteiger partial charge is 0.376 e. The van der Waals surface area contributed by atoms with Crippen LogP contribution in [0, 0.1) is 5.92 Å². The number of amides is 1. The van der Waals surface area contributed by atoms with E-state index in [1.54, 1.807) is 0 Å². The lowest BCUT2D eigenvalue weighted by Gasteiger charge is -2.33. The summed E-state index contributed by atoms with van der Waals surface area (Å²) < 4.78 is 11.2. The van der Waals surface area contributed by atoms with Crippen molar-refractivity contribution in [2.45, 2.75) is 44.8 Å². The maximum atomic E-state index is 12.3. The summed E-state index contributed by atoms with van der Waals surface area (Å²) in [7, 11) is 1.98. The molecule has 116 valence electrons. The maximum Gasteiger partial charge on any atom is 0.251 e. The van der Waals surface area contributed by atoms with Crippen LogP contribution in [-0.4, -0.2) is 62.9 Å². The van der Waals surface area contributed by atoms with Crippen molar-refractivity contribution in [3.05, 3.63) is 0 Å². The first-order valence-electron chi connectivity index (χ1n) is 7.87. The highest BCUT2D eigenvalue weighted by atomic mass is 16.5. The summed E-state index contributed by atoms with van der Waals surface area (Å²) in [6, 6.07) is 0. The molecule has 2 heterocycles. The summed E-state index contributed by atoms with van der Waals surface area (Å²) in [4.78, 5) is 14.3. The molecule has 0 bridgehead atoms. The van der Waals surface area contributed by atoms with Gasteiger partial charge in [-0.1, -0.05) is 0 Å². The van der Waals surface area contributed by atoms with E-state index >= 15 is 0 Å². The smallest absolute Gasteiger partial charge is 0.251 e. The van der Waals surface area contributed by atoms with Gasteiger partial charge in [-0.25, -0.2) is 0 Å². The third-order valence-electron chi connectivity index (χ3n) is 4.32. The van der Waals surface area contributed by atoms with E-state index in [2.05, 4.69) is 5.32 Å². The number of likely N-dealkylation sites (tertiary alicyclic amines) is 1. The Bertz CT molecular complexity index is 297. The second kappa shape index (κ2) is 7.96. The van der Waals surface area contributed by atoms with Gasteiger partial charge in [-0.15, -0.1) is 0 Å². The lowest BCUT2D eigenvalue weighted by Crippen LogP contribution is -2.45. The summed E-state index contributed by atoms with van der Waals surface area (Å²) in [5, 5.41) is 3.21. The molecule has 2 saturated heterocycles. The van der Waals surface area contributed by atoms with Crippen LogP contribution < -0.4 is 5.32 Å². The topological polar surface area (TPSA) is 50.8 Å². The minimum absolute atomic E-state index is 0.130. The summed E-state index contributed by atoms with van der Waals surface area (Å²) in [6.45, 7) is 6.00. The van der Waals surface area contributed by atoms with Gasteiger partial charge < -0.3 is 19.7 Å². The van der Waals surface area contributed by atoms with Crippen LogP contribution in [0.15, 0.2) is 0 Å².